The van der Waals surface area contributed by atoms with Crippen LogP contribution in [0, 0.1) is 0 Å². The molecule has 0 saturated heterocycles. The zero-order valence-corrected chi connectivity index (χ0v) is 5.79. The van der Waals surface area contributed by atoms with Crippen LogP contribution in [0.2, 0.25) is 0 Å². The maximum absolute atomic E-state index is 11.9. The largest absolute Gasteiger partial charge is 0.490 e. The van der Waals surface area contributed by atoms with Gasteiger partial charge in [-0.2, -0.15) is 0 Å². The van der Waals surface area contributed by atoms with Crippen LogP contribution in [-0.2, 0) is 0 Å². The highest BCUT2D eigenvalue weighted by atomic mass is 19.1. The van der Waals surface area contributed by atoms with Gasteiger partial charge in [-0.1, -0.05) is 18.2 Å². The predicted molar refractivity (Wildman–Crippen MR) is 41.7 cm³/mol. The number of anilines is 1. The van der Waals surface area contributed by atoms with Gasteiger partial charge in [0.1, 0.15) is 0 Å². The van der Waals surface area contributed by atoms with Crippen LogP contribution in [-0.4, -0.2) is 14.7 Å². The third kappa shape index (κ3) is 1.50. The summed E-state index contributed by atoms with van der Waals surface area (Å²) in [6, 6.07) is 9.33. The van der Waals surface area contributed by atoms with Gasteiger partial charge in [-0.25, -0.2) is 0 Å². The van der Waals surface area contributed by atoms with Gasteiger partial charge in [-0.05, 0) is 19.2 Å². The van der Waals surface area contributed by atoms with E-state index in [9.17, 15) is 4.32 Å². The summed E-state index contributed by atoms with van der Waals surface area (Å²) < 4.78 is 11.9. The quantitative estimate of drug-likeness (QED) is 0.558. The van der Waals surface area contributed by atoms with Crippen molar-refractivity contribution in [1.29, 1.82) is 0 Å². The van der Waals surface area contributed by atoms with Crippen molar-refractivity contribution in [2.24, 2.45) is 0 Å². The van der Waals surface area contributed by atoms with Crippen LogP contribution in [0.4, 0.5) is 10.0 Å². The van der Waals surface area contributed by atoms with Gasteiger partial charge in [-0.3, -0.25) is 0 Å². The first-order valence-corrected chi connectivity index (χ1v) is 3.06. The molecule has 0 aromatic heterocycles. The first-order valence-electron chi connectivity index (χ1n) is 3.06. The first-order chi connectivity index (χ1) is 4.84. The van der Waals surface area contributed by atoms with E-state index < -0.39 is 0 Å². The molecule has 0 aliphatic carbocycles. The number of rotatable bonds is 2. The first kappa shape index (κ1) is 7.13. The molecule has 0 amide bonds. The summed E-state index contributed by atoms with van der Waals surface area (Å²) in [5, 5.41) is 0. The van der Waals surface area contributed by atoms with Gasteiger partial charge in [0.25, 0.3) is 0 Å². The molecule has 0 N–H and O–H groups in total. The second kappa shape index (κ2) is 3.25. The summed E-state index contributed by atoms with van der Waals surface area (Å²) in [7, 11) is 2.20. The Morgan fingerprint density at radius 2 is 1.90 bits per heavy atom. The van der Waals surface area contributed by atoms with Gasteiger partial charge in [-0.15, -0.1) is 0 Å². The highest BCUT2D eigenvalue weighted by Gasteiger charge is 1.99. The zero-order chi connectivity index (χ0) is 7.40. The van der Waals surface area contributed by atoms with E-state index in [0.29, 0.717) is 7.69 Å². The smallest absolute Gasteiger partial charge is 0.392 e. The summed E-state index contributed by atoms with van der Waals surface area (Å²) in [6.45, 7) is 0. The molecule has 1 aromatic carbocycles. The molecule has 0 spiro atoms. The Morgan fingerprint density at radius 3 is 2.40 bits per heavy atom. The molecule has 0 aliphatic heterocycles. The zero-order valence-electron chi connectivity index (χ0n) is 5.79. The predicted octanol–water partition coefficient (Wildman–Crippen LogP) is 1.63. The Kier molecular flexibility index (Phi) is 2.32. The summed E-state index contributed by atoms with van der Waals surface area (Å²) >= 11 is 0. The van der Waals surface area contributed by atoms with Crippen LogP contribution >= 0.6 is 0 Å². The summed E-state index contributed by atoms with van der Waals surface area (Å²) in [4.78, 5) is 1.42. The number of hydrogen-bond donors (Lipinski definition) is 0. The van der Waals surface area contributed by atoms with E-state index in [1.807, 2.05) is 30.3 Å². The van der Waals surface area contributed by atoms with E-state index in [0.717, 1.165) is 5.69 Å². The van der Waals surface area contributed by atoms with Crippen LogP contribution in [0.25, 0.3) is 0 Å². The molecular formula is C7H8BFN. The number of para-hydroxylation sites is 1. The molecule has 0 atom stereocenters. The van der Waals surface area contributed by atoms with E-state index in [1.54, 1.807) is 7.05 Å². The Morgan fingerprint density at radius 1 is 1.30 bits per heavy atom. The van der Waals surface area contributed by atoms with Crippen molar-refractivity contribution in [3.63, 3.8) is 0 Å². The van der Waals surface area contributed by atoms with Crippen LogP contribution < -0.4 is 4.81 Å². The van der Waals surface area contributed by atoms with Crippen LogP contribution in [0.3, 0.4) is 0 Å². The summed E-state index contributed by atoms with van der Waals surface area (Å²) in [6.07, 6.45) is 0. The van der Waals surface area contributed by atoms with Crippen LogP contribution in [0.5, 0.6) is 0 Å². The third-order valence-corrected chi connectivity index (χ3v) is 1.31. The molecule has 0 fully saturated rings. The molecule has 0 aliphatic rings. The van der Waals surface area contributed by atoms with E-state index in [2.05, 4.69) is 0 Å². The second-order valence-corrected chi connectivity index (χ2v) is 2.04. The lowest BCUT2D eigenvalue weighted by atomic mass is 10.2. The molecule has 0 bridgehead atoms. The van der Waals surface area contributed by atoms with E-state index in [4.69, 9.17) is 0 Å². The minimum atomic E-state index is 0.537. The number of benzene rings is 1. The van der Waals surface area contributed by atoms with Crippen LogP contribution in [0.1, 0.15) is 0 Å². The highest BCUT2D eigenvalue weighted by Crippen LogP contribution is 2.08. The lowest BCUT2D eigenvalue weighted by Crippen LogP contribution is -2.17. The van der Waals surface area contributed by atoms with E-state index in [1.165, 1.54) is 4.81 Å². The van der Waals surface area contributed by atoms with Gasteiger partial charge in [0.05, 0.1) is 0 Å². The molecular weight excluding hydrogens is 128 g/mol. The van der Waals surface area contributed by atoms with E-state index >= 15 is 0 Å². The van der Waals surface area contributed by atoms with Gasteiger partial charge in [0.2, 0.25) is 0 Å². The molecule has 0 saturated carbocycles. The Bertz CT molecular complexity index is 190. The van der Waals surface area contributed by atoms with Crippen molar-refractivity contribution in [3.05, 3.63) is 30.3 Å². The number of halogens is 1. The maximum atomic E-state index is 11.9. The normalized spacial score (nSPS) is 9.00. The van der Waals surface area contributed by atoms with Gasteiger partial charge >= 0.3 is 7.69 Å². The minimum absolute atomic E-state index is 0.537. The average molecular weight is 136 g/mol. The molecule has 10 heavy (non-hydrogen) atoms. The van der Waals surface area contributed by atoms with Crippen LogP contribution in [0.15, 0.2) is 30.3 Å². The van der Waals surface area contributed by atoms with Crippen molar-refractivity contribution >= 4 is 13.4 Å². The summed E-state index contributed by atoms with van der Waals surface area (Å²) in [5.74, 6) is 0. The number of hydrogen-bond acceptors (Lipinski definition) is 1. The Labute approximate surface area is 60.8 Å². The minimum Gasteiger partial charge on any atom is -0.392 e. The fourth-order valence-corrected chi connectivity index (χ4v) is 0.719. The fraction of sp³-hybridized carbons (Fsp3) is 0.143. The van der Waals surface area contributed by atoms with Gasteiger partial charge in [0, 0.05) is 5.69 Å². The van der Waals surface area contributed by atoms with Crippen molar-refractivity contribution in [1.82, 2.24) is 0 Å². The standard InChI is InChI=1S/C7H8BFN/c1-10(8-9)7-5-3-2-4-6-7/h2-6H,1H3. The van der Waals surface area contributed by atoms with Gasteiger partial charge < -0.3 is 9.13 Å². The SMILES string of the molecule is CN([B]F)c1ccccc1. The summed E-state index contributed by atoms with van der Waals surface area (Å²) in [5.41, 5.74) is 0.852. The molecule has 1 radical (unpaired) electrons. The molecule has 0 unspecified atom stereocenters. The molecule has 1 nitrogen and oxygen atoms in total. The average Bonchev–Trinajstić information content (AvgIpc) is 2.05. The van der Waals surface area contributed by atoms with Crippen molar-refractivity contribution in [2.45, 2.75) is 0 Å². The highest BCUT2D eigenvalue weighted by molar-refractivity contribution is 6.32. The lowest BCUT2D eigenvalue weighted by molar-refractivity contribution is 0.855. The molecule has 0 heterocycles. The van der Waals surface area contributed by atoms with E-state index in [-0.39, 0.29) is 0 Å². The van der Waals surface area contributed by atoms with Crippen molar-refractivity contribution < 1.29 is 4.32 Å². The second-order valence-electron chi connectivity index (χ2n) is 2.04. The topological polar surface area (TPSA) is 3.24 Å². The third-order valence-electron chi connectivity index (χ3n) is 1.31. The molecule has 1 aromatic rings. The fourth-order valence-electron chi connectivity index (χ4n) is 0.719. The molecule has 3 heteroatoms. The maximum Gasteiger partial charge on any atom is 0.490 e. The Balaban J connectivity index is 2.75. The molecule has 1 rings (SSSR count). The monoisotopic (exact) mass is 136 g/mol. The Hall–Kier alpha value is -0.985. The molecule has 51 valence electrons. The van der Waals surface area contributed by atoms with Gasteiger partial charge in [0.15, 0.2) is 0 Å². The van der Waals surface area contributed by atoms with Crippen molar-refractivity contribution in [2.75, 3.05) is 11.9 Å². The van der Waals surface area contributed by atoms with Crippen molar-refractivity contribution in [3.8, 4) is 0 Å². The number of nitrogens with zero attached hydrogens (tertiary/aromatic N) is 1. The lowest BCUT2D eigenvalue weighted by Gasteiger charge is -2.11.